The highest BCUT2D eigenvalue weighted by Crippen LogP contribution is 2.18. The van der Waals surface area contributed by atoms with Crippen LogP contribution in [0, 0.1) is 5.92 Å². The topological polar surface area (TPSA) is 88.2 Å². The van der Waals surface area contributed by atoms with Gasteiger partial charge in [-0.25, -0.2) is 0 Å². The van der Waals surface area contributed by atoms with E-state index in [0.29, 0.717) is 30.5 Å². The largest absolute Gasteiger partial charge is 0.391 e. The zero-order valence-corrected chi connectivity index (χ0v) is 13.6. The molecule has 0 spiro atoms. The fourth-order valence-electron chi connectivity index (χ4n) is 2.03. The van der Waals surface area contributed by atoms with Crippen molar-refractivity contribution in [3.05, 3.63) is 22.7 Å². The number of hydrogen-bond donors (Lipinski definition) is 2. The molecule has 1 unspecified atom stereocenters. The number of rotatable bonds is 8. The van der Waals surface area contributed by atoms with Crippen molar-refractivity contribution >= 4 is 17.2 Å². The van der Waals surface area contributed by atoms with E-state index in [1.165, 1.54) is 0 Å². The molecule has 0 aliphatic heterocycles. The second-order valence-electron chi connectivity index (χ2n) is 5.61. The second kappa shape index (κ2) is 8.05. The van der Waals surface area contributed by atoms with Crippen molar-refractivity contribution < 1.29 is 14.4 Å². The predicted molar refractivity (Wildman–Crippen MR) is 84.4 cm³/mol. The Morgan fingerprint density at radius 3 is 3.00 bits per heavy atom. The van der Waals surface area contributed by atoms with Gasteiger partial charge in [-0.15, -0.1) is 0 Å². The summed E-state index contributed by atoms with van der Waals surface area (Å²) in [6.45, 7) is 4.35. The molecule has 120 valence electrons. The van der Waals surface area contributed by atoms with Crippen molar-refractivity contribution in [1.29, 1.82) is 0 Å². The predicted octanol–water partition coefficient (Wildman–Crippen LogP) is 2.25. The number of aromatic nitrogens is 2. The first-order chi connectivity index (χ1) is 10.5. The Labute approximate surface area is 133 Å². The number of aryl methyl sites for hydroxylation is 1. The third-order valence-electron chi connectivity index (χ3n) is 3.09. The summed E-state index contributed by atoms with van der Waals surface area (Å²) in [7, 11) is 0. The molecular weight excluding hydrogens is 302 g/mol. The first kappa shape index (κ1) is 16.6. The summed E-state index contributed by atoms with van der Waals surface area (Å²) in [4.78, 5) is 16.0. The number of thiophene rings is 1. The van der Waals surface area contributed by atoms with E-state index in [-0.39, 0.29) is 18.9 Å². The van der Waals surface area contributed by atoms with Gasteiger partial charge in [0.1, 0.15) is 0 Å². The molecule has 0 saturated heterocycles. The van der Waals surface area contributed by atoms with Gasteiger partial charge in [0.15, 0.2) is 0 Å². The van der Waals surface area contributed by atoms with Crippen LogP contribution in [0.5, 0.6) is 0 Å². The molecule has 0 aliphatic rings. The van der Waals surface area contributed by atoms with E-state index in [4.69, 9.17) is 4.52 Å². The minimum Gasteiger partial charge on any atom is -0.391 e. The highest BCUT2D eigenvalue weighted by atomic mass is 32.1. The molecule has 0 aromatic carbocycles. The van der Waals surface area contributed by atoms with Crippen LogP contribution >= 0.6 is 11.3 Å². The minimum absolute atomic E-state index is 0.127. The van der Waals surface area contributed by atoms with Crippen molar-refractivity contribution in [3.8, 4) is 11.4 Å². The maximum atomic E-state index is 11.7. The Kier molecular flexibility index (Phi) is 6.09. The maximum absolute atomic E-state index is 11.7. The summed E-state index contributed by atoms with van der Waals surface area (Å²) in [5.41, 5.74) is 0.918. The molecule has 0 bridgehead atoms. The lowest BCUT2D eigenvalue weighted by atomic mass is 10.1. The number of nitrogens with one attached hydrogen (secondary N) is 1. The van der Waals surface area contributed by atoms with Crippen molar-refractivity contribution in [2.75, 3.05) is 6.54 Å². The van der Waals surface area contributed by atoms with Crippen LogP contribution in [0.3, 0.4) is 0 Å². The molecule has 2 N–H and O–H groups in total. The van der Waals surface area contributed by atoms with Crippen LogP contribution in [-0.2, 0) is 11.2 Å². The zero-order chi connectivity index (χ0) is 15.9. The van der Waals surface area contributed by atoms with Gasteiger partial charge in [0.25, 0.3) is 0 Å². The van der Waals surface area contributed by atoms with Gasteiger partial charge in [-0.1, -0.05) is 19.0 Å². The number of aliphatic hydroxyl groups is 1. The van der Waals surface area contributed by atoms with Gasteiger partial charge in [-0.3, -0.25) is 4.79 Å². The van der Waals surface area contributed by atoms with E-state index >= 15 is 0 Å². The number of amides is 1. The van der Waals surface area contributed by atoms with Gasteiger partial charge in [-0.05, 0) is 23.8 Å². The van der Waals surface area contributed by atoms with E-state index in [1.54, 1.807) is 11.3 Å². The zero-order valence-electron chi connectivity index (χ0n) is 12.8. The van der Waals surface area contributed by atoms with Gasteiger partial charge in [0.05, 0.1) is 6.10 Å². The van der Waals surface area contributed by atoms with Gasteiger partial charge < -0.3 is 14.9 Å². The summed E-state index contributed by atoms with van der Waals surface area (Å²) < 4.78 is 5.13. The summed E-state index contributed by atoms with van der Waals surface area (Å²) >= 11 is 1.57. The highest BCUT2D eigenvalue weighted by Gasteiger charge is 2.12. The van der Waals surface area contributed by atoms with Crippen LogP contribution in [0.4, 0.5) is 0 Å². The summed E-state index contributed by atoms with van der Waals surface area (Å²) in [6, 6.07) is 1.92. The van der Waals surface area contributed by atoms with E-state index < -0.39 is 6.10 Å². The quantitative estimate of drug-likeness (QED) is 0.778. The molecule has 7 heteroatoms. The first-order valence-corrected chi connectivity index (χ1v) is 8.28. The number of aliphatic hydroxyl groups excluding tert-OH is 1. The molecule has 0 saturated carbocycles. The average Bonchev–Trinajstić information content (AvgIpc) is 3.12. The smallest absolute Gasteiger partial charge is 0.227 e. The standard InChI is InChI=1S/C15H21N3O3S/c1-10(2)7-12(19)8-16-13(20)3-4-14-17-15(18-21-14)11-5-6-22-9-11/h5-6,9-10,12,19H,3-4,7-8H2,1-2H3,(H,16,20). The Bertz CT molecular complexity index is 581. The summed E-state index contributed by atoms with van der Waals surface area (Å²) in [5.74, 6) is 1.27. The number of carbonyl (C=O) groups is 1. The summed E-state index contributed by atoms with van der Waals surface area (Å²) in [6.07, 6.45) is 0.828. The molecule has 0 fully saturated rings. The Balaban J connectivity index is 1.72. The van der Waals surface area contributed by atoms with Crippen molar-refractivity contribution in [2.24, 2.45) is 5.92 Å². The normalized spacial score (nSPS) is 12.5. The molecular formula is C15H21N3O3S. The van der Waals surface area contributed by atoms with E-state index in [1.807, 2.05) is 30.7 Å². The van der Waals surface area contributed by atoms with Crippen LogP contribution in [0.1, 0.15) is 32.6 Å². The van der Waals surface area contributed by atoms with Crippen LogP contribution < -0.4 is 5.32 Å². The van der Waals surface area contributed by atoms with E-state index in [0.717, 1.165) is 5.56 Å². The Morgan fingerprint density at radius 2 is 2.32 bits per heavy atom. The molecule has 2 aromatic heterocycles. The molecule has 1 atom stereocenters. The Hall–Kier alpha value is -1.73. The first-order valence-electron chi connectivity index (χ1n) is 7.34. The van der Waals surface area contributed by atoms with E-state index in [9.17, 15) is 9.90 Å². The lowest BCUT2D eigenvalue weighted by molar-refractivity contribution is -0.121. The van der Waals surface area contributed by atoms with Crippen molar-refractivity contribution in [1.82, 2.24) is 15.5 Å². The maximum Gasteiger partial charge on any atom is 0.227 e. The monoisotopic (exact) mass is 323 g/mol. The van der Waals surface area contributed by atoms with Crippen LogP contribution in [0.25, 0.3) is 11.4 Å². The third-order valence-corrected chi connectivity index (χ3v) is 3.77. The van der Waals surface area contributed by atoms with Gasteiger partial charge in [0.2, 0.25) is 17.6 Å². The number of hydrogen-bond acceptors (Lipinski definition) is 6. The van der Waals surface area contributed by atoms with Gasteiger partial charge >= 0.3 is 0 Å². The minimum atomic E-state index is -0.502. The fourth-order valence-corrected chi connectivity index (χ4v) is 2.67. The van der Waals surface area contributed by atoms with Gasteiger partial charge in [-0.2, -0.15) is 16.3 Å². The molecule has 0 aliphatic carbocycles. The molecule has 6 nitrogen and oxygen atoms in total. The summed E-state index contributed by atoms with van der Waals surface area (Å²) in [5, 5.41) is 20.2. The van der Waals surface area contributed by atoms with Crippen molar-refractivity contribution in [3.63, 3.8) is 0 Å². The SMILES string of the molecule is CC(C)CC(O)CNC(=O)CCc1nc(-c2ccsc2)no1. The fraction of sp³-hybridized carbons (Fsp3) is 0.533. The van der Waals surface area contributed by atoms with Crippen LogP contribution in [0.15, 0.2) is 21.3 Å². The molecule has 2 rings (SSSR count). The molecule has 2 aromatic rings. The molecule has 22 heavy (non-hydrogen) atoms. The highest BCUT2D eigenvalue weighted by molar-refractivity contribution is 7.08. The second-order valence-corrected chi connectivity index (χ2v) is 6.39. The third kappa shape index (κ3) is 5.23. The number of nitrogens with zero attached hydrogens (tertiary/aromatic N) is 2. The Morgan fingerprint density at radius 1 is 1.50 bits per heavy atom. The van der Waals surface area contributed by atoms with Crippen LogP contribution in [-0.4, -0.2) is 33.8 Å². The van der Waals surface area contributed by atoms with Crippen molar-refractivity contribution in [2.45, 2.75) is 39.2 Å². The molecule has 2 heterocycles. The number of carbonyl (C=O) groups excluding carboxylic acids is 1. The lowest BCUT2D eigenvalue weighted by Crippen LogP contribution is -2.32. The molecule has 1 amide bonds. The average molecular weight is 323 g/mol. The van der Waals surface area contributed by atoms with Gasteiger partial charge in [0, 0.05) is 30.3 Å². The van der Waals surface area contributed by atoms with E-state index in [2.05, 4.69) is 15.5 Å². The lowest BCUT2D eigenvalue weighted by Gasteiger charge is -2.13. The van der Waals surface area contributed by atoms with Crippen LogP contribution in [0.2, 0.25) is 0 Å². The molecule has 0 radical (unpaired) electrons.